The summed E-state index contributed by atoms with van der Waals surface area (Å²) in [5.41, 5.74) is 4.75. The molecule has 0 saturated carbocycles. The Labute approximate surface area is 184 Å². The van der Waals surface area contributed by atoms with Crippen LogP contribution in [-0.2, 0) is 6.54 Å². The number of aromatic amines is 1. The van der Waals surface area contributed by atoms with Crippen molar-refractivity contribution in [3.8, 4) is 22.7 Å². The third-order valence-electron chi connectivity index (χ3n) is 5.29. The Hall–Kier alpha value is -4.20. The van der Waals surface area contributed by atoms with Crippen molar-refractivity contribution in [2.24, 2.45) is 0 Å². The first-order valence-corrected chi connectivity index (χ1v) is 10.4. The van der Waals surface area contributed by atoms with Gasteiger partial charge < -0.3 is 9.73 Å². The fraction of sp³-hybridized carbons (Fsp3) is 0.167. The van der Waals surface area contributed by atoms with Crippen LogP contribution in [-0.4, -0.2) is 30.9 Å². The standard InChI is InChI=1S/C24H22N6O2/c1-15(2)30-23-19(14-27-30)18(12-21(28-23)22-4-3-11-32-22)24(31)25-13-16-5-7-17(8-6-16)20-9-10-26-29-20/h3-12,14-15H,13H2,1-2H3,(H,25,31)(H,26,29). The normalized spacial score (nSPS) is 11.3. The molecule has 0 spiro atoms. The average Bonchev–Trinajstić information content (AvgIpc) is 3.58. The van der Waals surface area contributed by atoms with Gasteiger partial charge in [-0.1, -0.05) is 24.3 Å². The van der Waals surface area contributed by atoms with E-state index in [0.29, 0.717) is 34.6 Å². The summed E-state index contributed by atoms with van der Waals surface area (Å²) in [6, 6.07) is 15.4. The van der Waals surface area contributed by atoms with Crippen LogP contribution in [0.3, 0.4) is 0 Å². The SMILES string of the molecule is CC(C)n1ncc2c(C(=O)NCc3ccc(-c4ccn[nH]4)cc3)cc(-c3ccco3)nc21. The van der Waals surface area contributed by atoms with Crippen molar-refractivity contribution in [3.05, 3.63) is 78.3 Å². The first kappa shape index (κ1) is 19.7. The summed E-state index contributed by atoms with van der Waals surface area (Å²) in [6.45, 7) is 4.46. The number of aromatic nitrogens is 5. The summed E-state index contributed by atoms with van der Waals surface area (Å²) in [5.74, 6) is 0.415. The Morgan fingerprint density at radius 2 is 2.03 bits per heavy atom. The van der Waals surface area contributed by atoms with Crippen LogP contribution in [0, 0.1) is 0 Å². The second kappa shape index (κ2) is 8.14. The minimum atomic E-state index is -0.189. The molecule has 1 aromatic carbocycles. The van der Waals surface area contributed by atoms with Gasteiger partial charge in [0.15, 0.2) is 11.4 Å². The lowest BCUT2D eigenvalue weighted by Crippen LogP contribution is -2.23. The number of hydrogen-bond acceptors (Lipinski definition) is 5. The molecule has 0 aliphatic heterocycles. The van der Waals surface area contributed by atoms with Crippen LogP contribution in [0.4, 0.5) is 0 Å². The molecule has 1 amide bonds. The molecular weight excluding hydrogens is 404 g/mol. The Balaban J connectivity index is 1.42. The van der Waals surface area contributed by atoms with E-state index in [1.54, 1.807) is 30.8 Å². The predicted molar refractivity (Wildman–Crippen MR) is 121 cm³/mol. The lowest BCUT2D eigenvalue weighted by atomic mass is 10.1. The molecule has 0 saturated heterocycles. The van der Waals surface area contributed by atoms with E-state index in [1.807, 2.05) is 54.9 Å². The van der Waals surface area contributed by atoms with E-state index in [1.165, 1.54) is 0 Å². The Bertz CT molecular complexity index is 1350. The topological polar surface area (TPSA) is 102 Å². The van der Waals surface area contributed by atoms with Gasteiger partial charge in [-0.2, -0.15) is 10.2 Å². The Kier molecular flexibility index (Phi) is 5.03. The fourth-order valence-corrected chi connectivity index (χ4v) is 3.63. The lowest BCUT2D eigenvalue weighted by molar-refractivity contribution is 0.0952. The highest BCUT2D eigenvalue weighted by atomic mass is 16.3. The van der Waals surface area contributed by atoms with Crippen molar-refractivity contribution >= 4 is 16.9 Å². The van der Waals surface area contributed by atoms with Crippen LogP contribution >= 0.6 is 0 Å². The zero-order valence-electron chi connectivity index (χ0n) is 17.7. The Morgan fingerprint density at radius 1 is 1.19 bits per heavy atom. The van der Waals surface area contributed by atoms with Crippen LogP contribution < -0.4 is 5.32 Å². The molecule has 8 heteroatoms. The molecule has 4 heterocycles. The zero-order valence-corrected chi connectivity index (χ0v) is 17.7. The first-order valence-electron chi connectivity index (χ1n) is 10.4. The number of rotatable bonds is 6. The second-order valence-corrected chi connectivity index (χ2v) is 7.80. The molecule has 8 nitrogen and oxygen atoms in total. The maximum atomic E-state index is 13.2. The highest BCUT2D eigenvalue weighted by molar-refractivity contribution is 6.06. The van der Waals surface area contributed by atoms with E-state index in [-0.39, 0.29) is 11.9 Å². The number of benzene rings is 1. The minimum Gasteiger partial charge on any atom is -0.463 e. The Morgan fingerprint density at radius 3 is 2.72 bits per heavy atom. The van der Waals surface area contributed by atoms with Gasteiger partial charge in [0, 0.05) is 18.8 Å². The van der Waals surface area contributed by atoms with Gasteiger partial charge in [-0.3, -0.25) is 9.89 Å². The van der Waals surface area contributed by atoms with Gasteiger partial charge in [-0.05, 0) is 49.2 Å². The largest absolute Gasteiger partial charge is 0.463 e. The van der Waals surface area contributed by atoms with Gasteiger partial charge in [0.25, 0.3) is 5.91 Å². The lowest BCUT2D eigenvalue weighted by Gasteiger charge is -2.10. The summed E-state index contributed by atoms with van der Waals surface area (Å²) in [7, 11) is 0. The number of pyridine rings is 1. The van der Waals surface area contributed by atoms with E-state index >= 15 is 0 Å². The number of carbonyl (C=O) groups is 1. The molecular formula is C24H22N6O2. The van der Waals surface area contributed by atoms with Crippen molar-refractivity contribution in [2.75, 3.05) is 0 Å². The molecule has 0 bridgehead atoms. The zero-order chi connectivity index (χ0) is 22.1. The molecule has 2 N–H and O–H groups in total. The molecule has 5 rings (SSSR count). The van der Waals surface area contributed by atoms with Crippen LogP contribution in [0.1, 0.15) is 35.8 Å². The van der Waals surface area contributed by atoms with Crippen molar-refractivity contribution in [2.45, 2.75) is 26.4 Å². The summed E-state index contributed by atoms with van der Waals surface area (Å²) in [6.07, 6.45) is 5.01. The van der Waals surface area contributed by atoms with Gasteiger partial charge in [0.2, 0.25) is 0 Å². The predicted octanol–water partition coefficient (Wildman–Crippen LogP) is 4.59. The molecule has 32 heavy (non-hydrogen) atoms. The highest BCUT2D eigenvalue weighted by Crippen LogP contribution is 2.26. The highest BCUT2D eigenvalue weighted by Gasteiger charge is 2.19. The number of nitrogens with zero attached hydrogens (tertiary/aromatic N) is 4. The van der Waals surface area contributed by atoms with Gasteiger partial charge >= 0.3 is 0 Å². The average molecular weight is 426 g/mol. The maximum absolute atomic E-state index is 13.2. The second-order valence-electron chi connectivity index (χ2n) is 7.80. The maximum Gasteiger partial charge on any atom is 0.252 e. The molecule has 0 atom stereocenters. The van der Waals surface area contributed by atoms with Gasteiger partial charge in [0.05, 0.1) is 29.1 Å². The third kappa shape index (κ3) is 3.66. The summed E-state index contributed by atoms with van der Waals surface area (Å²) in [4.78, 5) is 17.9. The number of nitrogens with one attached hydrogen (secondary N) is 2. The fourth-order valence-electron chi connectivity index (χ4n) is 3.63. The third-order valence-corrected chi connectivity index (χ3v) is 5.29. The number of H-pyrrole nitrogens is 1. The summed E-state index contributed by atoms with van der Waals surface area (Å²) >= 11 is 0. The van der Waals surface area contributed by atoms with Crippen molar-refractivity contribution in [1.29, 1.82) is 0 Å². The smallest absolute Gasteiger partial charge is 0.252 e. The van der Waals surface area contributed by atoms with Crippen LogP contribution in [0.15, 0.2) is 71.6 Å². The van der Waals surface area contributed by atoms with E-state index in [2.05, 4.69) is 20.6 Å². The number of hydrogen-bond donors (Lipinski definition) is 2. The molecule has 0 aliphatic rings. The minimum absolute atomic E-state index is 0.108. The summed E-state index contributed by atoms with van der Waals surface area (Å²) < 4.78 is 7.33. The summed E-state index contributed by atoms with van der Waals surface area (Å²) in [5, 5.41) is 15.1. The van der Waals surface area contributed by atoms with Crippen molar-refractivity contribution in [3.63, 3.8) is 0 Å². The molecule has 5 aromatic rings. The first-order chi connectivity index (χ1) is 15.6. The quantitative estimate of drug-likeness (QED) is 0.413. The molecule has 0 radical (unpaired) electrons. The van der Waals surface area contributed by atoms with Gasteiger partial charge in [-0.25, -0.2) is 9.67 Å². The van der Waals surface area contributed by atoms with E-state index in [4.69, 9.17) is 9.40 Å². The number of fused-ring (bicyclic) bond motifs is 1. The number of furan rings is 1. The number of carbonyl (C=O) groups excluding carboxylic acids is 1. The van der Waals surface area contributed by atoms with E-state index < -0.39 is 0 Å². The van der Waals surface area contributed by atoms with Gasteiger partial charge in [-0.15, -0.1) is 0 Å². The van der Waals surface area contributed by atoms with Gasteiger partial charge in [0.1, 0.15) is 5.69 Å². The van der Waals surface area contributed by atoms with Crippen LogP contribution in [0.2, 0.25) is 0 Å². The van der Waals surface area contributed by atoms with Crippen LogP contribution in [0.5, 0.6) is 0 Å². The molecule has 0 fully saturated rings. The number of amides is 1. The van der Waals surface area contributed by atoms with Crippen LogP contribution in [0.25, 0.3) is 33.7 Å². The van der Waals surface area contributed by atoms with Crippen molar-refractivity contribution < 1.29 is 9.21 Å². The van der Waals surface area contributed by atoms with E-state index in [9.17, 15) is 4.79 Å². The van der Waals surface area contributed by atoms with E-state index in [0.717, 1.165) is 16.8 Å². The monoisotopic (exact) mass is 426 g/mol. The van der Waals surface area contributed by atoms with Crippen molar-refractivity contribution in [1.82, 2.24) is 30.3 Å². The molecule has 4 aromatic heterocycles. The molecule has 0 aliphatic carbocycles. The molecule has 160 valence electrons. The molecule has 0 unspecified atom stereocenters.